The summed E-state index contributed by atoms with van der Waals surface area (Å²) in [5.74, 6) is 0. The number of nitrogens with zero attached hydrogens (tertiary/aromatic N) is 1. The molecule has 0 aliphatic heterocycles. The van der Waals surface area contributed by atoms with Gasteiger partial charge in [-0.05, 0) is 20.3 Å². The minimum Gasteiger partial charge on any atom is -0.394 e. The molecule has 2 N–H and O–H groups in total. The summed E-state index contributed by atoms with van der Waals surface area (Å²) < 4.78 is 21.9. The van der Waals surface area contributed by atoms with E-state index in [0.717, 1.165) is 12.8 Å². The van der Waals surface area contributed by atoms with Crippen molar-refractivity contribution in [2.75, 3.05) is 59.4 Å². The topological polar surface area (TPSA) is 99.1 Å². The number of hydrogen-bond donors (Lipinski definition) is 2. The van der Waals surface area contributed by atoms with Gasteiger partial charge in [-0.25, -0.2) is 9.68 Å². The Bertz CT molecular complexity index is 329. The van der Waals surface area contributed by atoms with Crippen LogP contribution in [0.2, 0.25) is 0 Å². The third-order valence-corrected chi connectivity index (χ3v) is 4.35. The van der Waals surface area contributed by atoms with E-state index in [1.165, 1.54) is 43.8 Å². The monoisotopic (exact) mass is 453 g/mol. The summed E-state index contributed by atoms with van der Waals surface area (Å²) >= 11 is 0. The summed E-state index contributed by atoms with van der Waals surface area (Å²) in [4.78, 5) is 11.8. The van der Waals surface area contributed by atoms with Crippen LogP contribution in [0.15, 0.2) is 0 Å². The van der Waals surface area contributed by atoms with E-state index in [0.29, 0.717) is 19.8 Å². The standard InChI is InChI=1S/C22H47NO8/c1-4-7-8-9-10-11-12-13-14-23(30-21(28-5-2)19-26-17-15-24)31-22(29-6-3)20-27-18-16-25/h21-22,24-25H,4-20H2,1-3H3. The minimum atomic E-state index is -0.661. The highest BCUT2D eigenvalue weighted by atomic mass is 17.0. The largest absolute Gasteiger partial charge is 0.394 e. The number of aliphatic hydroxyl groups excluding tert-OH is 2. The zero-order valence-corrected chi connectivity index (χ0v) is 20.0. The molecule has 0 bridgehead atoms. The van der Waals surface area contributed by atoms with Gasteiger partial charge >= 0.3 is 0 Å². The lowest BCUT2D eigenvalue weighted by Crippen LogP contribution is -2.40. The Labute approximate surface area is 188 Å². The molecule has 0 aliphatic rings. The molecule has 0 spiro atoms. The molecule has 0 aliphatic carbocycles. The van der Waals surface area contributed by atoms with E-state index >= 15 is 0 Å². The van der Waals surface area contributed by atoms with Crippen LogP contribution in [0.1, 0.15) is 72.1 Å². The van der Waals surface area contributed by atoms with E-state index in [1.807, 2.05) is 13.8 Å². The van der Waals surface area contributed by atoms with Crippen molar-refractivity contribution in [1.82, 2.24) is 5.23 Å². The molecule has 0 fully saturated rings. The van der Waals surface area contributed by atoms with Crippen LogP contribution in [0.5, 0.6) is 0 Å². The average molecular weight is 454 g/mol. The predicted molar refractivity (Wildman–Crippen MR) is 118 cm³/mol. The van der Waals surface area contributed by atoms with Crippen molar-refractivity contribution in [3.05, 3.63) is 0 Å². The molecule has 2 atom stereocenters. The number of hydrogen-bond acceptors (Lipinski definition) is 9. The fourth-order valence-corrected chi connectivity index (χ4v) is 2.85. The Hall–Kier alpha value is -0.360. The molecule has 2 unspecified atom stereocenters. The lowest BCUT2D eigenvalue weighted by Gasteiger charge is -2.29. The quantitative estimate of drug-likeness (QED) is 0.123. The molecule has 0 rings (SSSR count). The number of aliphatic hydroxyl groups is 2. The van der Waals surface area contributed by atoms with Crippen molar-refractivity contribution in [2.24, 2.45) is 0 Å². The van der Waals surface area contributed by atoms with Gasteiger partial charge < -0.3 is 29.2 Å². The molecule has 0 heterocycles. The molecule has 0 aromatic heterocycles. The van der Waals surface area contributed by atoms with Crippen LogP contribution in [0.3, 0.4) is 0 Å². The summed E-state index contributed by atoms with van der Waals surface area (Å²) in [6.07, 6.45) is 8.25. The van der Waals surface area contributed by atoms with Gasteiger partial charge in [-0.15, -0.1) is 0 Å². The summed E-state index contributed by atoms with van der Waals surface area (Å²) in [6, 6.07) is 0. The Morgan fingerprint density at radius 3 is 1.52 bits per heavy atom. The van der Waals surface area contributed by atoms with E-state index in [1.54, 1.807) is 0 Å². The highest BCUT2D eigenvalue weighted by molar-refractivity contribution is 4.49. The molecular weight excluding hydrogens is 406 g/mol. The number of rotatable bonds is 25. The van der Waals surface area contributed by atoms with Gasteiger partial charge in [-0.3, -0.25) is 0 Å². The Kier molecular flexibility index (Phi) is 24.0. The molecule has 0 aromatic carbocycles. The Morgan fingerprint density at radius 1 is 0.645 bits per heavy atom. The number of unbranched alkanes of at least 4 members (excludes halogenated alkanes) is 7. The Morgan fingerprint density at radius 2 is 1.10 bits per heavy atom. The van der Waals surface area contributed by atoms with Crippen LogP contribution >= 0.6 is 0 Å². The van der Waals surface area contributed by atoms with Crippen LogP contribution in [0.25, 0.3) is 0 Å². The first-order valence-corrected chi connectivity index (χ1v) is 11.9. The van der Waals surface area contributed by atoms with E-state index in [-0.39, 0.29) is 39.6 Å². The maximum atomic E-state index is 8.92. The average Bonchev–Trinajstić information content (AvgIpc) is 2.76. The zero-order chi connectivity index (χ0) is 23.0. The van der Waals surface area contributed by atoms with Gasteiger partial charge in [0.15, 0.2) is 0 Å². The second kappa shape index (κ2) is 24.3. The predicted octanol–water partition coefficient (Wildman–Crippen LogP) is 3.04. The van der Waals surface area contributed by atoms with Crippen LogP contribution in [-0.2, 0) is 28.6 Å². The molecule has 0 saturated carbocycles. The molecule has 0 aromatic rings. The van der Waals surface area contributed by atoms with Crippen LogP contribution in [0, 0.1) is 0 Å². The molecule has 9 nitrogen and oxygen atoms in total. The van der Waals surface area contributed by atoms with E-state index in [9.17, 15) is 0 Å². The lowest BCUT2D eigenvalue weighted by molar-refractivity contribution is -0.459. The van der Waals surface area contributed by atoms with Gasteiger partial charge in [0.25, 0.3) is 0 Å². The van der Waals surface area contributed by atoms with Crippen molar-refractivity contribution >= 4 is 0 Å². The van der Waals surface area contributed by atoms with E-state index in [4.69, 9.17) is 38.8 Å². The smallest absolute Gasteiger partial charge is 0.203 e. The van der Waals surface area contributed by atoms with Gasteiger partial charge in [0, 0.05) is 13.2 Å². The normalized spacial score (nSPS) is 13.7. The molecule has 9 heteroatoms. The molecule has 188 valence electrons. The molecule has 31 heavy (non-hydrogen) atoms. The Balaban J connectivity index is 4.64. The fraction of sp³-hybridized carbons (Fsp3) is 1.00. The first-order valence-electron chi connectivity index (χ1n) is 11.9. The molecule has 0 amide bonds. The SMILES string of the molecule is CCCCCCCCCCN(OC(COCCO)OCC)OC(COCCO)OCC. The summed E-state index contributed by atoms with van der Waals surface area (Å²) in [5, 5.41) is 19.2. The first kappa shape index (κ1) is 30.6. The minimum absolute atomic E-state index is 0.0636. The van der Waals surface area contributed by atoms with Gasteiger partial charge in [-0.2, -0.15) is 0 Å². The van der Waals surface area contributed by atoms with Crippen molar-refractivity contribution in [3.8, 4) is 0 Å². The van der Waals surface area contributed by atoms with Crippen molar-refractivity contribution < 1.29 is 38.8 Å². The van der Waals surface area contributed by atoms with Crippen molar-refractivity contribution in [2.45, 2.75) is 84.7 Å². The second-order valence-electron chi connectivity index (χ2n) is 7.11. The van der Waals surface area contributed by atoms with Crippen molar-refractivity contribution in [3.63, 3.8) is 0 Å². The third-order valence-electron chi connectivity index (χ3n) is 4.35. The second-order valence-corrected chi connectivity index (χ2v) is 7.11. The van der Waals surface area contributed by atoms with Crippen LogP contribution in [-0.4, -0.2) is 87.4 Å². The highest BCUT2D eigenvalue weighted by Crippen LogP contribution is 2.12. The maximum absolute atomic E-state index is 8.92. The van der Waals surface area contributed by atoms with Crippen LogP contribution < -0.4 is 0 Å². The number of ether oxygens (including phenoxy) is 4. The van der Waals surface area contributed by atoms with Crippen LogP contribution in [0.4, 0.5) is 0 Å². The maximum Gasteiger partial charge on any atom is 0.203 e. The first-order chi connectivity index (χ1) is 15.2. The van der Waals surface area contributed by atoms with Gasteiger partial charge in [0.1, 0.15) is 0 Å². The molecule has 0 radical (unpaired) electrons. The molecule has 0 saturated heterocycles. The van der Waals surface area contributed by atoms with Gasteiger partial charge in [0.05, 0.1) is 46.2 Å². The van der Waals surface area contributed by atoms with Gasteiger partial charge in [-0.1, -0.05) is 57.1 Å². The fourth-order valence-electron chi connectivity index (χ4n) is 2.85. The number of hydroxylamine groups is 2. The lowest BCUT2D eigenvalue weighted by atomic mass is 10.1. The summed E-state index contributed by atoms with van der Waals surface area (Å²) in [7, 11) is 0. The van der Waals surface area contributed by atoms with E-state index < -0.39 is 12.6 Å². The molecular formula is C22H47NO8. The van der Waals surface area contributed by atoms with Crippen molar-refractivity contribution in [1.29, 1.82) is 0 Å². The summed E-state index contributed by atoms with van der Waals surface area (Å²) in [5.41, 5.74) is 0. The van der Waals surface area contributed by atoms with E-state index in [2.05, 4.69) is 6.92 Å². The summed E-state index contributed by atoms with van der Waals surface area (Å²) in [6.45, 7) is 8.06. The highest BCUT2D eigenvalue weighted by Gasteiger charge is 2.21. The third kappa shape index (κ3) is 20.0. The zero-order valence-electron chi connectivity index (χ0n) is 20.0. The van der Waals surface area contributed by atoms with Gasteiger partial charge in [0.2, 0.25) is 12.6 Å².